The predicted molar refractivity (Wildman–Crippen MR) is 92.7 cm³/mol. The first-order chi connectivity index (χ1) is 11.3. The van der Waals surface area contributed by atoms with Crippen LogP contribution in [0.3, 0.4) is 0 Å². The van der Waals surface area contributed by atoms with Crippen LogP contribution in [0.1, 0.15) is 17.3 Å². The van der Waals surface area contributed by atoms with E-state index in [9.17, 15) is 4.79 Å². The fraction of sp³-hybridized carbons (Fsp3) is 0.235. The minimum absolute atomic E-state index is 0.0772. The maximum atomic E-state index is 12.2. The van der Waals surface area contributed by atoms with E-state index in [1.165, 1.54) is 4.90 Å². The van der Waals surface area contributed by atoms with Gasteiger partial charge in [0.05, 0.1) is 5.52 Å². The maximum Gasteiger partial charge on any atom is 0.251 e. The van der Waals surface area contributed by atoms with E-state index in [1.807, 2.05) is 41.9 Å². The van der Waals surface area contributed by atoms with Crippen molar-refractivity contribution in [2.24, 2.45) is 0 Å². The highest BCUT2D eigenvalue weighted by atomic mass is 32.2. The number of carbonyl (C=O) groups excluding carboxylic acids is 1. The molecule has 1 heterocycles. The normalized spacial score (nSPS) is 10.8. The van der Waals surface area contributed by atoms with Crippen molar-refractivity contribution in [1.82, 2.24) is 20.3 Å². The van der Waals surface area contributed by atoms with Crippen molar-refractivity contribution in [2.75, 3.05) is 12.3 Å². The molecule has 0 atom stereocenters. The second kappa shape index (κ2) is 7.28. The highest BCUT2D eigenvalue weighted by molar-refractivity contribution is 7.99. The van der Waals surface area contributed by atoms with Gasteiger partial charge in [-0.25, -0.2) is 4.68 Å². The number of aryl methyl sites for hydroxylation is 1. The molecule has 0 spiro atoms. The molecule has 0 saturated heterocycles. The number of nitrogens with zero attached hydrogens (tertiary/aromatic N) is 3. The van der Waals surface area contributed by atoms with Gasteiger partial charge in [-0.3, -0.25) is 4.79 Å². The molecule has 0 aliphatic rings. The Morgan fingerprint density at radius 3 is 2.83 bits per heavy atom. The fourth-order valence-corrected chi connectivity index (χ4v) is 3.09. The van der Waals surface area contributed by atoms with Crippen molar-refractivity contribution < 1.29 is 4.79 Å². The summed E-state index contributed by atoms with van der Waals surface area (Å²) in [4.78, 5) is 13.4. The molecule has 0 fully saturated rings. The molecular formula is C17H18N4OS. The first-order valence-corrected chi connectivity index (χ1v) is 8.56. The van der Waals surface area contributed by atoms with Crippen LogP contribution in [0.5, 0.6) is 0 Å². The van der Waals surface area contributed by atoms with Crippen LogP contribution >= 0.6 is 11.8 Å². The van der Waals surface area contributed by atoms with E-state index in [4.69, 9.17) is 0 Å². The Bertz CT molecular complexity index is 801. The van der Waals surface area contributed by atoms with Gasteiger partial charge < -0.3 is 5.32 Å². The lowest BCUT2D eigenvalue weighted by molar-refractivity contribution is 0.0956. The molecule has 0 aliphatic carbocycles. The van der Waals surface area contributed by atoms with E-state index >= 15 is 0 Å². The summed E-state index contributed by atoms with van der Waals surface area (Å²) in [6, 6.07) is 15.7. The standard InChI is InChI=1S/C17H18N4OS/c1-2-21-16-9-8-13(12-15(16)19-20-21)17(22)18-10-11-23-14-6-4-3-5-7-14/h3-9,12H,2,10-11H2,1H3,(H,18,22). The van der Waals surface area contributed by atoms with Gasteiger partial charge in [0, 0.05) is 29.3 Å². The van der Waals surface area contributed by atoms with Crippen molar-refractivity contribution in [2.45, 2.75) is 18.4 Å². The van der Waals surface area contributed by atoms with Crippen LogP contribution in [-0.2, 0) is 6.54 Å². The number of nitrogens with one attached hydrogen (secondary N) is 1. The quantitative estimate of drug-likeness (QED) is 0.559. The Hall–Kier alpha value is -2.34. The van der Waals surface area contributed by atoms with Gasteiger partial charge in [0.1, 0.15) is 5.52 Å². The van der Waals surface area contributed by atoms with Crippen molar-refractivity contribution >= 4 is 28.7 Å². The zero-order valence-corrected chi connectivity index (χ0v) is 13.7. The van der Waals surface area contributed by atoms with Crippen molar-refractivity contribution in [3.05, 3.63) is 54.1 Å². The predicted octanol–water partition coefficient (Wildman–Crippen LogP) is 2.97. The van der Waals surface area contributed by atoms with Gasteiger partial charge in [-0.1, -0.05) is 23.4 Å². The summed E-state index contributed by atoms with van der Waals surface area (Å²) in [6.45, 7) is 3.40. The first-order valence-electron chi connectivity index (χ1n) is 7.57. The van der Waals surface area contributed by atoms with E-state index in [0.29, 0.717) is 12.1 Å². The molecule has 6 heteroatoms. The van der Waals surface area contributed by atoms with Gasteiger partial charge in [0.25, 0.3) is 5.91 Å². The van der Waals surface area contributed by atoms with E-state index in [0.717, 1.165) is 23.3 Å². The fourth-order valence-electron chi connectivity index (χ4n) is 2.30. The third-order valence-electron chi connectivity index (χ3n) is 3.48. The van der Waals surface area contributed by atoms with Gasteiger partial charge in [0.15, 0.2) is 0 Å². The molecule has 0 unspecified atom stereocenters. The number of hydrogen-bond donors (Lipinski definition) is 1. The lowest BCUT2D eigenvalue weighted by atomic mass is 10.2. The van der Waals surface area contributed by atoms with Crippen molar-refractivity contribution in [3.63, 3.8) is 0 Å². The SMILES string of the molecule is CCn1nnc2cc(C(=O)NCCSc3ccccc3)ccc21. The summed E-state index contributed by atoms with van der Waals surface area (Å²) >= 11 is 1.73. The number of amides is 1. The topological polar surface area (TPSA) is 59.8 Å². The summed E-state index contributed by atoms with van der Waals surface area (Å²) in [7, 11) is 0. The largest absolute Gasteiger partial charge is 0.351 e. The smallest absolute Gasteiger partial charge is 0.251 e. The van der Waals surface area contributed by atoms with Crippen LogP contribution in [0.25, 0.3) is 11.0 Å². The van der Waals surface area contributed by atoms with Gasteiger partial charge in [0.2, 0.25) is 0 Å². The Morgan fingerprint density at radius 2 is 2.04 bits per heavy atom. The zero-order valence-electron chi connectivity index (χ0n) is 12.9. The highest BCUT2D eigenvalue weighted by Gasteiger charge is 2.09. The number of aromatic nitrogens is 3. The number of rotatable bonds is 6. The Morgan fingerprint density at radius 1 is 1.22 bits per heavy atom. The summed E-state index contributed by atoms with van der Waals surface area (Å²) in [6.07, 6.45) is 0. The molecule has 0 radical (unpaired) electrons. The summed E-state index contributed by atoms with van der Waals surface area (Å²) < 4.78 is 1.81. The van der Waals surface area contributed by atoms with E-state index in [2.05, 4.69) is 27.8 Å². The third kappa shape index (κ3) is 3.71. The van der Waals surface area contributed by atoms with Crippen LogP contribution < -0.4 is 5.32 Å². The molecule has 23 heavy (non-hydrogen) atoms. The van der Waals surface area contributed by atoms with Crippen LogP contribution in [0.15, 0.2) is 53.4 Å². The molecule has 0 aliphatic heterocycles. The second-order valence-corrected chi connectivity index (χ2v) is 6.19. The molecular weight excluding hydrogens is 308 g/mol. The summed E-state index contributed by atoms with van der Waals surface area (Å²) in [5.74, 6) is 0.760. The number of benzene rings is 2. The van der Waals surface area contributed by atoms with Gasteiger partial charge in [-0.15, -0.1) is 16.9 Å². The first kappa shape index (κ1) is 15.6. The monoisotopic (exact) mass is 326 g/mol. The van der Waals surface area contributed by atoms with Crippen LogP contribution in [0, 0.1) is 0 Å². The average Bonchev–Trinajstić information content (AvgIpc) is 3.01. The second-order valence-electron chi connectivity index (χ2n) is 5.03. The van der Waals surface area contributed by atoms with Crippen LogP contribution in [0.2, 0.25) is 0 Å². The maximum absolute atomic E-state index is 12.2. The highest BCUT2D eigenvalue weighted by Crippen LogP contribution is 2.16. The van der Waals surface area contributed by atoms with E-state index in [1.54, 1.807) is 17.8 Å². The van der Waals surface area contributed by atoms with Crippen molar-refractivity contribution in [1.29, 1.82) is 0 Å². The molecule has 118 valence electrons. The van der Waals surface area contributed by atoms with Gasteiger partial charge in [-0.05, 0) is 37.3 Å². The average molecular weight is 326 g/mol. The number of fused-ring (bicyclic) bond motifs is 1. The number of thioether (sulfide) groups is 1. The summed E-state index contributed by atoms with van der Waals surface area (Å²) in [5.41, 5.74) is 2.31. The molecule has 1 aromatic heterocycles. The lowest BCUT2D eigenvalue weighted by Gasteiger charge is -2.05. The molecule has 0 bridgehead atoms. The van der Waals surface area contributed by atoms with Crippen molar-refractivity contribution in [3.8, 4) is 0 Å². The molecule has 0 saturated carbocycles. The lowest BCUT2D eigenvalue weighted by Crippen LogP contribution is -2.25. The van der Waals surface area contributed by atoms with Gasteiger partial charge >= 0.3 is 0 Å². The Balaban J connectivity index is 1.56. The number of carbonyl (C=O) groups is 1. The molecule has 3 aromatic rings. The zero-order chi connectivity index (χ0) is 16.1. The molecule has 5 nitrogen and oxygen atoms in total. The van der Waals surface area contributed by atoms with Crippen LogP contribution in [-0.4, -0.2) is 33.2 Å². The minimum atomic E-state index is -0.0772. The Labute approximate surface area is 139 Å². The van der Waals surface area contributed by atoms with Gasteiger partial charge in [-0.2, -0.15) is 0 Å². The Kier molecular flexibility index (Phi) is 4.92. The summed E-state index contributed by atoms with van der Waals surface area (Å²) in [5, 5.41) is 11.1. The minimum Gasteiger partial charge on any atom is -0.351 e. The third-order valence-corrected chi connectivity index (χ3v) is 4.49. The molecule has 1 amide bonds. The van der Waals surface area contributed by atoms with E-state index in [-0.39, 0.29) is 5.91 Å². The molecule has 1 N–H and O–H groups in total. The number of hydrogen-bond acceptors (Lipinski definition) is 4. The molecule has 2 aromatic carbocycles. The van der Waals surface area contributed by atoms with Crippen LogP contribution in [0.4, 0.5) is 0 Å². The molecule has 3 rings (SSSR count). The van der Waals surface area contributed by atoms with E-state index < -0.39 is 0 Å².